The zero-order chi connectivity index (χ0) is 13.4. The highest BCUT2D eigenvalue weighted by molar-refractivity contribution is 9.10. The van der Waals surface area contributed by atoms with Gasteiger partial charge in [0.15, 0.2) is 0 Å². The molecule has 1 aromatic rings. The molecule has 0 aromatic heterocycles. The lowest BCUT2D eigenvalue weighted by Gasteiger charge is -2.21. The Bertz CT molecular complexity index is 364. The summed E-state index contributed by atoms with van der Waals surface area (Å²) in [7, 11) is 0. The summed E-state index contributed by atoms with van der Waals surface area (Å²) in [4.78, 5) is 13.1. The molecule has 6 heteroatoms. The first kappa shape index (κ1) is 14.9. The predicted molar refractivity (Wildman–Crippen MR) is 72.1 cm³/mol. The molecule has 3 N–H and O–H groups in total. The molecule has 0 fully saturated rings. The van der Waals surface area contributed by atoms with Gasteiger partial charge in [0.05, 0.1) is 13.2 Å². The van der Waals surface area contributed by atoms with E-state index in [2.05, 4.69) is 21.2 Å². The highest BCUT2D eigenvalue weighted by Crippen LogP contribution is 2.10. The lowest BCUT2D eigenvalue weighted by molar-refractivity contribution is 0.158. The number of amides is 2. The SMILES string of the molecule is O=C(NCc1ccc(Br)cc1)N(CCO)CCO. The molecule has 0 aliphatic rings. The third-order valence-corrected chi connectivity index (χ3v) is 2.91. The van der Waals surface area contributed by atoms with E-state index in [-0.39, 0.29) is 32.3 Å². The molecule has 0 radical (unpaired) electrons. The van der Waals surface area contributed by atoms with Crippen LogP contribution in [0.2, 0.25) is 0 Å². The molecule has 100 valence electrons. The van der Waals surface area contributed by atoms with Gasteiger partial charge in [-0.05, 0) is 17.7 Å². The maximum atomic E-state index is 11.7. The van der Waals surface area contributed by atoms with Gasteiger partial charge >= 0.3 is 6.03 Å². The highest BCUT2D eigenvalue weighted by atomic mass is 79.9. The van der Waals surface area contributed by atoms with Crippen molar-refractivity contribution in [1.29, 1.82) is 0 Å². The third-order valence-electron chi connectivity index (χ3n) is 2.38. The summed E-state index contributed by atoms with van der Waals surface area (Å²) in [5.74, 6) is 0. The maximum Gasteiger partial charge on any atom is 0.317 e. The minimum absolute atomic E-state index is 0.119. The van der Waals surface area contributed by atoms with Crippen LogP contribution in [0.25, 0.3) is 0 Å². The fourth-order valence-corrected chi connectivity index (χ4v) is 1.71. The summed E-state index contributed by atoms with van der Waals surface area (Å²) in [6.45, 7) is 0.607. The minimum Gasteiger partial charge on any atom is -0.395 e. The molecule has 18 heavy (non-hydrogen) atoms. The van der Waals surface area contributed by atoms with E-state index in [1.165, 1.54) is 4.90 Å². The largest absolute Gasteiger partial charge is 0.395 e. The molecule has 1 aromatic carbocycles. The van der Waals surface area contributed by atoms with Crippen LogP contribution in [-0.4, -0.2) is 47.4 Å². The van der Waals surface area contributed by atoms with Crippen molar-refractivity contribution in [3.63, 3.8) is 0 Å². The van der Waals surface area contributed by atoms with Crippen LogP contribution in [0.1, 0.15) is 5.56 Å². The standard InChI is InChI=1S/C12H17BrN2O3/c13-11-3-1-10(2-4-11)9-14-12(18)15(5-7-16)6-8-17/h1-4,16-17H,5-9H2,(H,14,18). The van der Waals surface area contributed by atoms with Gasteiger partial charge in [0, 0.05) is 24.1 Å². The van der Waals surface area contributed by atoms with E-state index < -0.39 is 0 Å². The molecule has 0 atom stereocenters. The Morgan fingerprint density at radius 3 is 2.22 bits per heavy atom. The summed E-state index contributed by atoms with van der Waals surface area (Å²) < 4.78 is 0.986. The smallest absolute Gasteiger partial charge is 0.317 e. The highest BCUT2D eigenvalue weighted by Gasteiger charge is 2.11. The van der Waals surface area contributed by atoms with Gasteiger partial charge < -0.3 is 20.4 Å². The normalized spacial score (nSPS) is 10.2. The van der Waals surface area contributed by atoms with Crippen LogP contribution < -0.4 is 5.32 Å². The van der Waals surface area contributed by atoms with Gasteiger partial charge in [-0.3, -0.25) is 0 Å². The second kappa shape index (κ2) is 8.07. The predicted octanol–water partition coefficient (Wildman–Crippen LogP) is 0.945. The molecule has 0 heterocycles. The van der Waals surface area contributed by atoms with Gasteiger partial charge in [0.1, 0.15) is 0 Å². The molecule has 1 rings (SSSR count). The number of aliphatic hydroxyl groups is 2. The van der Waals surface area contributed by atoms with E-state index >= 15 is 0 Å². The van der Waals surface area contributed by atoms with Crippen LogP contribution in [0.5, 0.6) is 0 Å². The minimum atomic E-state index is -0.291. The third kappa shape index (κ3) is 5.03. The van der Waals surface area contributed by atoms with Crippen molar-refractivity contribution < 1.29 is 15.0 Å². The van der Waals surface area contributed by atoms with E-state index in [4.69, 9.17) is 10.2 Å². The Balaban J connectivity index is 2.45. The van der Waals surface area contributed by atoms with Crippen LogP contribution in [0.4, 0.5) is 4.79 Å². The molecule has 0 aliphatic heterocycles. The fraction of sp³-hybridized carbons (Fsp3) is 0.417. The Hall–Kier alpha value is -1.11. The molecule has 0 saturated heterocycles. The van der Waals surface area contributed by atoms with E-state index in [1.54, 1.807) is 0 Å². The van der Waals surface area contributed by atoms with E-state index in [0.29, 0.717) is 6.54 Å². The average Bonchev–Trinajstić information content (AvgIpc) is 2.37. The number of carbonyl (C=O) groups is 1. The number of carbonyl (C=O) groups excluding carboxylic acids is 1. The van der Waals surface area contributed by atoms with E-state index in [9.17, 15) is 4.79 Å². The molecule has 0 bridgehead atoms. The van der Waals surface area contributed by atoms with Gasteiger partial charge in [-0.25, -0.2) is 4.79 Å². The summed E-state index contributed by atoms with van der Waals surface area (Å²) >= 11 is 3.34. The number of nitrogens with zero attached hydrogens (tertiary/aromatic N) is 1. The number of hydrogen-bond acceptors (Lipinski definition) is 3. The second-order valence-corrected chi connectivity index (χ2v) is 4.64. The summed E-state index contributed by atoms with van der Waals surface area (Å²) in [6, 6.07) is 7.34. The lowest BCUT2D eigenvalue weighted by atomic mass is 10.2. The maximum absolute atomic E-state index is 11.7. The van der Waals surface area contributed by atoms with Crippen LogP contribution in [0, 0.1) is 0 Å². The van der Waals surface area contributed by atoms with Crippen molar-refractivity contribution >= 4 is 22.0 Å². The van der Waals surface area contributed by atoms with Crippen LogP contribution >= 0.6 is 15.9 Å². The first-order valence-electron chi connectivity index (χ1n) is 5.66. The molecular weight excluding hydrogens is 300 g/mol. The molecule has 2 amide bonds. The molecule has 0 unspecified atom stereocenters. The summed E-state index contributed by atoms with van der Waals surface area (Å²) in [6.07, 6.45) is 0. The van der Waals surface area contributed by atoms with Crippen molar-refractivity contribution in [2.24, 2.45) is 0 Å². The molecule has 5 nitrogen and oxygen atoms in total. The van der Waals surface area contributed by atoms with Gasteiger partial charge in [0.2, 0.25) is 0 Å². The van der Waals surface area contributed by atoms with Crippen molar-refractivity contribution in [2.75, 3.05) is 26.3 Å². The van der Waals surface area contributed by atoms with E-state index in [1.807, 2.05) is 24.3 Å². The first-order chi connectivity index (χ1) is 8.67. The number of nitrogens with one attached hydrogen (secondary N) is 1. The quantitative estimate of drug-likeness (QED) is 0.731. The van der Waals surface area contributed by atoms with E-state index in [0.717, 1.165) is 10.0 Å². The second-order valence-electron chi connectivity index (χ2n) is 3.72. The number of halogens is 1. The Morgan fingerprint density at radius 1 is 1.17 bits per heavy atom. The van der Waals surface area contributed by atoms with Gasteiger partial charge in [-0.15, -0.1) is 0 Å². The monoisotopic (exact) mass is 316 g/mol. The topological polar surface area (TPSA) is 72.8 Å². The number of benzene rings is 1. The van der Waals surface area contributed by atoms with Crippen molar-refractivity contribution in [3.05, 3.63) is 34.3 Å². The Kier molecular flexibility index (Phi) is 6.70. The van der Waals surface area contributed by atoms with Crippen molar-refractivity contribution in [3.8, 4) is 0 Å². The number of hydrogen-bond donors (Lipinski definition) is 3. The first-order valence-corrected chi connectivity index (χ1v) is 6.45. The molecule has 0 saturated carbocycles. The molecular formula is C12H17BrN2O3. The van der Waals surface area contributed by atoms with Gasteiger partial charge in [-0.1, -0.05) is 28.1 Å². The van der Waals surface area contributed by atoms with Crippen LogP contribution in [0.15, 0.2) is 28.7 Å². The lowest BCUT2D eigenvalue weighted by Crippen LogP contribution is -2.42. The number of aliphatic hydroxyl groups excluding tert-OH is 2. The van der Waals surface area contributed by atoms with Gasteiger partial charge in [0.25, 0.3) is 0 Å². The number of urea groups is 1. The Morgan fingerprint density at radius 2 is 1.72 bits per heavy atom. The fourth-order valence-electron chi connectivity index (χ4n) is 1.45. The van der Waals surface area contributed by atoms with Crippen molar-refractivity contribution in [2.45, 2.75) is 6.54 Å². The Labute approximate surface area is 115 Å². The number of rotatable bonds is 6. The van der Waals surface area contributed by atoms with Gasteiger partial charge in [-0.2, -0.15) is 0 Å². The van der Waals surface area contributed by atoms with Crippen LogP contribution in [0.3, 0.4) is 0 Å². The summed E-state index contributed by atoms with van der Waals surface area (Å²) in [5, 5.41) is 20.4. The molecule has 0 spiro atoms. The zero-order valence-electron chi connectivity index (χ0n) is 9.97. The zero-order valence-corrected chi connectivity index (χ0v) is 11.6. The van der Waals surface area contributed by atoms with Crippen LogP contribution in [-0.2, 0) is 6.54 Å². The summed E-state index contributed by atoms with van der Waals surface area (Å²) in [5.41, 5.74) is 0.986. The van der Waals surface area contributed by atoms with Crippen molar-refractivity contribution in [1.82, 2.24) is 10.2 Å². The average molecular weight is 317 g/mol. The molecule has 0 aliphatic carbocycles.